The number of aromatic nitrogens is 2. The van der Waals surface area contributed by atoms with Gasteiger partial charge in [-0.1, -0.05) is 11.6 Å². The van der Waals surface area contributed by atoms with Gasteiger partial charge in [0, 0.05) is 18.8 Å². The van der Waals surface area contributed by atoms with Gasteiger partial charge in [-0.3, -0.25) is 14.7 Å². The lowest BCUT2D eigenvalue weighted by molar-refractivity contribution is 0.0986. The molecule has 0 spiro atoms. The van der Waals surface area contributed by atoms with Crippen LogP contribution in [-0.2, 0) is 0 Å². The quantitative estimate of drug-likeness (QED) is 0.633. The van der Waals surface area contributed by atoms with Crippen LogP contribution in [-0.4, -0.2) is 29.1 Å². The second-order valence-electron chi connectivity index (χ2n) is 5.89. The van der Waals surface area contributed by atoms with Gasteiger partial charge in [0.15, 0.2) is 17.5 Å². The summed E-state index contributed by atoms with van der Waals surface area (Å²) in [5, 5.41) is 17.2. The van der Waals surface area contributed by atoms with E-state index in [1.165, 1.54) is 18.0 Å². The Labute approximate surface area is 168 Å². The molecule has 3 aromatic rings. The summed E-state index contributed by atoms with van der Waals surface area (Å²) in [5.74, 6) is -3.67. The number of nitrogens with one attached hydrogen (secondary N) is 2. The number of halogens is 3. The minimum absolute atomic E-state index is 0.00706. The number of benzene rings is 2. The molecular formula is C19H12ClF2N5O2. The zero-order valence-electron chi connectivity index (χ0n) is 14.8. The van der Waals surface area contributed by atoms with E-state index in [4.69, 9.17) is 16.9 Å². The Morgan fingerprint density at radius 3 is 2.48 bits per heavy atom. The summed E-state index contributed by atoms with van der Waals surface area (Å²) in [6.45, 7) is 0. The van der Waals surface area contributed by atoms with Gasteiger partial charge in [-0.2, -0.15) is 10.4 Å². The molecule has 0 saturated carbocycles. The minimum atomic E-state index is -1.22. The Bertz CT molecular complexity index is 1140. The third kappa shape index (κ3) is 4.23. The lowest BCUT2D eigenvalue weighted by atomic mass is 10.2. The standard InChI is InChI=1S/C19H12ClF2N5O2/c1-27(11-4-2-10(9-23)3-5-11)19(29)16-8-17(26-25-16)24-18(28)12-6-14(21)15(22)7-13(12)20/h2-8H,1H3,(H2,24,25,26,28). The van der Waals surface area contributed by atoms with Gasteiger partial charge >= 0.3 is 0 Å². The first-order chi connectivity index (χ1) is 13.8. The van der Waals surface area contributed by atoms with E-state index in [0.717, 1.165) is 0 Å². The van der Waals surface area contributed by atoms with Gasteiger partial charge in [-0.25, -0.2) is 8.78 Å². The molecule has 2 amide bonds. The molecule has 0 atom stereocenters. The van der Waals surface area contributed by atoms with Crippen molar-refractivity contribution in [3.8, 4) is 6.07 Å². The Morgan fingerprint density at radius 1 is 1.17 bits per heavy atom. The number of amides is 2. The molecule has 10 heteroatoms. The largest absolute Gasteiger partial charge is 0.310 e. The first kappa shape index (κ1) is 20.0. The SMILES string of the molecule is CN(C(=O)c1cc(NC(=O)c2cc(F)c(F)cc2Cl)n[nH]1)c1ccc(C#N)cc1. The summed E-state index contributed by atoms with van der Waals surface area (Å²) >= 11 is 5.77. The number of carbonyl (C=O) groups excluding carboxylic acids is 2. The number of hydrogen-bond donors (Lipinski definition) is 2. The summed E-state index contributed by atoms with van der Waals surface area (Å²) < 4.78 is 26.5. The molecule has 0 aliphatic carbocycles. The Morgan fingerprint density at radius 2 is 1.83 bits per heavy atom. The first-order valence-electron chi connectivity index (χ1n) is 8.09. The number of carbonyl (C=O) groups is 2. The Kier molecular flexibility index (Phi) is 5.57. The topological polar surface area (TPSA) is 102 Å². The molecule has 2 N–H and O–H groups in total. The van der Waals surface area contributed by atoms with E-state index in [0.29, 0.717) is 23.4 Å². The van der Waals surface area contributed by atoms with Gasteiger partial charge in [0.25, 0.3) is 11.8 Å². The fourth-order valence-electron chi connectivity index (χ4n) is 2.43. The van der Waals surface area contributed by atoms with E-state index in [-0.39, 0.29) is 22.1 Å². The number of nitrogens with zero attached hydrogens (tertiary/aromatic N) is 3. The number of H-pyrrole nitrogens is 1. The average molecular weight is 416 g/mol. The molecule has 0 saturated heterocycles. The summed E-state index contributed by atoms with van der Waals surface area (Å²) in [4.78, 5) is 26.1. The molecule has 7 nitrogen and oxygen atoms in total. The second-order valence-corrected chi connectivity index (χ2v) is 6.30. The smallest absolute Gasteiger partial charge is 0.276 e. The van der Waals surface area contributed by atoms with E-state index in [2.05, 4.69) is 15.5 Å². The van der Waals surface area contributed by atoms with Gasteiger partial charge in [0.2, 0.25) is 0 Å². The van der Waals surface area contributed by atoms with Gasteiger partial charge in [-0.15, -0.1) is 0 Å². The number of rotatable bonds is 4. The number of anilines is 2. The zero-order chi connectivity index (χ0) is 21.1. The van der Waals surface area contributed by atoms with E-state index in [1.54, 1.807) is 24.3 Å². The van der Waals surface area contributed by atoms with Gasteiger partial charge in [0.05, 0.1) is 22.2 Å². The van der Waals surface area contributed by atoms with Crippen molar-refractivity contribution in [3.05, 3.63) is 75.9 Å². The van der Waals surface area contributed by atoms with Crippen LogP contribution in [0.5, 0.6) is 0 Å². The van der Waals surface area contributed by atoms with Crippen molar-refractivity contribution in [2.45, 2.75) is 0 Å². The van der Waals surface area contributed by atoms with Crippen molar-refractivity contribution < 1.29 is 18.4 Å². The van der Waals surface area contributed by atoms with Crippen LogP contribution in [0.1, 0.15) is 26.4 Å². The first-order valence-corrected chi connectivity index (χ1v) is 8.47. The van der Waals surface area contributed by atoms with Crippen molar-refractivity contribution in [2.24, 2.45) is 0 Å². The maximum Gasteiger partial charge on any atom is 0.276 e. The van der Waals surface area contributed by atoms with E-state index < -0.39 is 23.4 Å². The molecule has 0 radical (unpaired) electrons. The maximum absolute atomic E-state index is 13.4. The fraction of sp³-hybridized carbons (Fsp3) is 0.0526. The Hall–Kier alpha value is -3.77. The highest BCUT2D eigenvalue weighted by Crippen LogP contribution is 2.22. The van der Waals surface area contributed by atoms with Crippen LogP contribution in [0.3, 0.4) is 0 Å². The minimum Gasteiger partial charge on any atom is -0.310 e. The summed E-state index contributed by atoms with van der Waals surface area (Å²) in [7, 11) is 1.53. The third-order valence-corrected chi connectivity index (χ3v) is 4.31. The summed E-state index contributed by atoms with van der Waals surface area (Å²) in [6.07, 6.45) is 0. The van der Waals surface area contributed by atoms with E-state index in [1.807, 2.05) is 6.07 Å². The highest BCUT2D eigenvalue weighted by Gasteiger charge is 2.19. The molecule has 0 bridgehead atoms. The van der Waals surface area contributed by atoms with E-state index >= 15 is 0 Å². The maximum atomic E-state index is 13.4. The molecular weight excluding hydrogens is 404 g/mol. The van der Waals surface area contributed by atoms with Crippen LogP contribution in [0.2, 0.25) is 5.02 Å². The molecule has 0 aliphatic heterocycles. The van der Waals surface area contributed by atoms with Crippen molar-refractivity contribution in [1.82, 2.24) is 10.2 Å². The third-order valence-electron chi connectivity index (χ3n) is 3.99. The predicted molar refractivity (Wildman–Crippen MR) is 102 cm³/mol. The van der Waals surface area contributed by atoms with Gasteiger partial charge in [-0.05, 0) is 36.4 Å². The second kappa shape index (κ2) is 8.08. The number of hydrogen-bond acceptors (Lipinski definition) is 4. The van der Waals surface area contributed by atoms with Gasteiger partial charge < -0.3 is 10.2 Å². The monoisotopic (exact) mass is 415 g/mol. The molecule has 0 fully saturated rings. The molecule has 29 heavy (non-hydrogen) atoms. The number of aromatic amines is 1. The summed E-state index contributed by atoms with van der Waals surface area (Å²) in [6, 6.07) is 11.0. The molecule has 0 aliphatic rings. The van der Waals surface area contributed by atoms with Crippen molar-refractivity contribution in [2.75, 3.05) is 17.3 Å². The predicted octanol–water partition coefficient (Wildman–Crippen LogP) is 3.74. The lowest BCUT2D eigenvalue weighted by Crippen LogP contribution is -2.26. The van der Waals surface area contributed by atoms with Crippen molar-refractivity contribution >= 4 is 34.9 Å². The average Bonchev–Trinajstić information content (AvgIpc) is 3.18. The Balaban J connectivity index is 1.74. The van der Waals surface area contributed by atoms with Gasteiger partial charge in [0.1, 0.15) is 5.69 Å². The molecule has 146 valence electrons. The molecule has 1 aromatic heterocycles. The van der Waals surface area contributed by atoms with Crippen molar-refractivity contribution in [1.29, 1.82) is 5.26 Å². The van der Waals surface area contributed by atoms with Crippen LogP contribution < -0.4 is 10.2 Å². The van der Waals surface area contributed by atoms with Crippen molar-refractivity contribution in [3.63, 3.8) is 0 Å². The van der Waals surface area contributed by atoms with Crippen LogP contribution in [0.15, 0.2) is 42.5 Å². The molecule has 1 heterocycles. The normalized spacial score (nSPS) is 10.3. The molecule has 0 unspecified atom stereocenters. The zero-order valence-corrected chi connectivity index (χ0v) is 15.6. The molecule has 2 aromatic carbocycles. The van der Waals surface area contributed by atoms with Crippen LogP contribution in [0, 0.1) is 23.0 Å². The van der Waals surface area contributed by atoms with Crippen LogP contribution in [0.4, 0.5) is 20.3 Å². The van der Waals surface area contributed by atoms with Crippen LogP contribution >= 0.6 is 11.6 Å². The highest BCUT2D eigenvalue weighted by atomic mass is 35.5. The number of nitriles is 1. The summed E-state index contributed by atoms with van der Waals surface area (Å²) in [5.41, 5.74) is 0.791. The fourth-order valence-corrected chi connectivity index (χ4v) is 2.67. The highest BCUT2D eigenvalue weighted by molar-refractivity contribution is 6.34. The molecule has 3 rings (SSSR count). The van der Waals surface area contributed by atoms with E-state index in [9.17, 15) is 18.4 Å². The van der Waals surface area contributed by atoms with Crippen LogP contribution in [0.25, 0.3) is 0 Å². The lowest BCUT2D eigenvalue weighted by Gasteiger charge is -2.16.